The SMILES string of the molecule is CC(C)Oc1cccc(CCCNC(C)(C)C)c1. The molecule has 1 rings (SSSR count). The van der Waals surface area contributed by atoms with Crippen LogP contribution in [0.15, 0.2) is 24.3 Å². The molecule has 0 aliphatic rings. The van der Waals surface area contributed by atoms with Crippen molar-refractivity contribution in [1.29, 1.82) is 0 Å². The summed E-state index contributed by atoms with van der Waals surface area (Å²) in [5.74, 6) is 0.978. The number of rotatable bonds is 6. The predicted octanol–water partition coefficient (Wildman–Crippen LogP) is 3.79. The molecule has 0 bridgehead atoms. The van der Waals surface area contributed by atoms with Gasteiger partial charge in [-0.3, -0.25) is 0 Å². The summed E-state index contributed by atoms with van der Waals surface area (Å²) in [7, 11) is 0. The fourth-order valence-electron chi connectivity index (χ4n) is 1.80. The number of hydrogen-bond acceptors (Lipinski definition) is 2. The highest BCUT2D eigenvalue weighted by molar-refractivity contribution is 5.28. The van der Waals surface area contributed by atoms with Crippen molar-refractivity contribution in [2.75, 3.05) is 6.54 Å². The van der Waals surface area contributed by atoms with Crippen LogP contribution < -0.4 is 10.1 Å². The van der Waals surface area contributed by atoms with Gasteiger partial charge in [0.05, 0.1) is 6.10 Å². The number of nitrogens with one attached hydrogen (secondary N) is 1. The van der Waals surface area contributed by atoms with Crippen LogP contribution in [0, 0.1) is 0 Å². The monoisotopic (exact) mass is 249 g/mol. The van der Waals surface area contributed by atoms with E-state index in [1.807, 2.05) is 6.07 Å². The Bertz CT molecular complexity index is 352. The fourth-order valence-corrected chi connectivity index (χ4v) is 1.80. The van der Waals surface area contributed by atoms with Gasteiger partial charge in [0.1, 0.15) is 5.75 Å². The molecule has 0 aromatic heterocycles. The van der Waals surface area contributed by atoms with Gasteiger partial charge in [0.25, 0.3) is 0 Å². The van der Waals surface area contributed by atoms with Crippen LogP contribution in [-0.2, 0) is 6.42 Å². The minimum Gasteiger partial charge on any atom is -0.491 e. The molecular formula is C16H27NO. The second-order valence-electron chi connectivity index (χ2n) is 6.09. The van der Waals surface area contributed by atoms with E-state index in [0.29, 0.717) is 0 Å². The van der Waals surface area contributed by atoms with Gasteiger partial charge in [-0.05, 0) is 71.7 Å². The first-order valence-electron chi connectivity index (χ1n) is 6.87. The molecule has 1 N–H and O–H groups in total. The van der Waals surface area contributed by atoms with Crippen molar-refractivity contribution in [3.05, 3.63) is 29.8 Å². The van der Waals surface area contributed by atoms with E-state index in [0.717, 1.165) is 25.1 Å². The molecule has 0 fully saturated rings. The molecule has 1 aromatic rings. The maximum atomic E-state index is 5.70. The third-order valence-corrected chi connectivity index (χ3v) is 2.57. The van der Waals surface area contributed by atoms with Gasteiger partial charge in [0, 0.05) is 5.54 Å². The van der Waals surface area contributed by atoms with Gasteiger partial charge in [0.2, 0.25) is 0 Å². The van der Waals surface area contributed by atoms with Crippen molar-refractivity contribution in [3.8, 4) is 5.75 Å². The van der Waals surface area contributed by atoms with Crippen LogP contribution in [0.25, 0.3) is 0 Å². The highest BCUT2D eigenvalue weighted by atomic mass is 16.5. The zero-order chi connectivity index (χ0) is 13.6. The Morgan fingerprint density at radius 1 is 1.22 bits per heavy atom. The van der Waals surface area contributed by atoms with E-state index in [2.05, 4.69) is 58.1 Å². The smallest absolute Gasteiger partial charge is 0.119 e. The maximum Gasteiger partial charge on any atom is 0.119 e. The van der Waals surface area contributed by atoms with Crippen molar-refractivity contribution in [3.63, 3.8) is 0 Å². The average molecular weight is 249 g/mol. The molecule has 2 nitrogen and oxygen atoms in total. The molecular weight excluding hydrogens is 222 g/mol. The van der Waals surface area contributed by atoms with E-state index in [1.54, 1.807) is 0 Å². The molecule has 0 radical (unpaired) electrons. The van der Waals surface area contributed by atoms with Crippen molar-refractivity contribution in [2.45, 2.75) is 59.1 Å². The average Bonchev–Trinajstić information content (AvgIpc) is 2.23. The topological polar surface area (TPSA) is 21.3 Å². The Hall–Kier alpha value is -1.02. The van der Waals surface area contributed by atoms with Crippen molar-refractivity contribution in [2.24, 2.45) is 0 Å². The Morgan fingerprint density at radius 2 is 1.94 bits per heavy atom. The first-order chi connectivity index (χ1) is 8.37. The fraction of sp³-hybridized carbons (Fsp3) is 0.625. The number of ether oxygens (including phenoxy) is 1. The standard InChI is InChI=1S/C16H27NO/c1-13(2)18-15-10-6-8-14(12-15)9-7-11-17-16(3,4)5/h6,8,10,12-13,17H,7,9,11H2,1-5H3. The van der Waals surface area contributed by atoms with Crippen LogP contribution in [0.3, 0.4) is 0 Å². The second kappa shape index (κ2) is 6.79. The van der Waals surface area contributed by atoms with Gasteiger partial charge < -0.3 is 10.1 Å². The third kappa shape index (κ3) is 6.65. The second-order valence-corrected chi connectivity index (χ2v) is 6.09. The number of hydrogen-bond donors (Lipinski definition) is 1. The molecule has 18 heavy (non-hydrogen) atoms. The number of aryl methyl sites for hydroxylation is 1. The molecule has 102 valence electrons. The summed E-state index contributed by atoms with van der Waals surface area (Å²) >= 11 is 0. The Labute approximate surface area is 112 Å². The summed E-state index contributed by atoms with van der Waals surface area (Å²) in [5.41, 5.74) is 1.56. The molecule has 0 heterocycles. The lowest BCUT2D eigenvalue weighted by atomic mass is 10.1. The molecule has 0 unspecified atom stereocenters. The molecule has 0 atom stereocenters. The van der Waals surface area contributed by atoms with E-state index in [-0.39, 0.29) is 11.6 Å². The minimum atomic E-state index is 0.211. The highest BCUT2D eigenvalue weighted by Crippen LogP contribution is 2.16. The van der Waals surface area contributed by atoms with Crippen LogP contribution >= 0.6 is 0 Å². The zero-order valence-electron chi connectivity index (χ0n) is 12.4. The maximum absolute atomic E-state index is 5.70. The lowest BCUT2D eigenvalue weighted by Crippen LogP contribution is -2.36. The van der Waals surface area contributed by atoms with E-state index >= 15 is 0 Å². The third-order valence-electron chi connectivity index (χ3n) is 2.57. The van der Waals surface area contributed by atoms with E-state index < -0.39 is 0 Å². The van der Waals surface area contributed by atoms with Crippen molar-refractivity contribution >= 4 is 0 Å². The number of benzene rings is 1. The first-order valence-corrected chi connectivity index (χ1v) is 6.87. The summed E-state index contributed by atoms with van der Waals surface area (Å²) in [6.07, 6.45) is 2.49. The van der Waals surface area contributed by atoms with Gasteiger partial charge >= 0.3 is 0 Å². The van der Waals surface area contributed by atoms with Gasteiger partial charge in [0.15, 0.2) is 0 Å². The Kier molecular flexibility index (Phi) is 5.67. The molecule has 0 amide bonds. The van der Waals surface area contributed by atoms with Crippen LogP contribution in [0.2, 0.25) is 0 Å². The molecule has 0 aliphatic heterocycles. The Morgan fingerprint density at radius 3 is 2.56 bits per heavy atom. The molecule has 0 spiro atoms. The quantitative estimate of drug-likeness (QED) is 0.774. The summed E-state index contributed by atoms with van der Waals surface area (Å²) < 4.78 is 5.70. The molecule has 0 saturated heterocycles. The van der Waals surface area contributed by atoms with Crippen LogP contribution in [0.1, 0.15) is 46.6 Å². The normalized spacial score (nSPS) is 11.9. The van der Waals surface area contributed by atoms with Crippen LogP contribution in [-0.4, -0.2) is 18.2 Å². The molecule has 2 heteroatoms. The molecule has 0 saturated carbocycles. The van der Waals surface area contributed by atoms with Crippen LogP contribution in [0.5, 0.6) is 5.75 Å². The van der Waals surface area contributed by atoms with Gasteiger partial charge in [-0.2, -0.15) is 0 Å². The predicted molar refractivity (Wildman–Crippen MR) is 78.3 cm³/mol. The molecule has 0 aliphatic carbocycles. The largest absolute Gasteiger partial charge is 0.491 e. The summed E-state index contributed by atoms with van der Waals surface area (Å²) in [6.45, 7) is 11.8. The van der Waals surface area contributed by atoms with Crippen molar-refractivity contribution in [1.82, 2.24) is 5.32 Å². The van der Waals surface area contributed by atoms with E-state index in [1.165, 1.54) is 5.56 Å². The summed E-state index contributed by atoms with van der Waals surface area (Å²) in [4.78, 5) is 0. The highest BCUT2D eigenvalue weighted by Gasteiger charge is 2.07. The lowest BCUT2D eigenvalue weighted by Gasteiger charge is -2.20. The zero-order valence-corrected chi connectivity index (χ0v) is 12.4. The van der Waals surface area contributed by atoms with Gasteiger partial charge in [-0.1, -0.05) is 12.1 Å². The van der Waals surface area contributed by atoms with Gasteiger partial charge in [-0.15, -0.1) is 0 Å². The van der Waals surface area contributed by atoms with E-state index in [9.17, 15) is 0 Å². The lowest BCUT2D eigenvalue weighted by molar-refractivity contribution is 0.242. The summed E-state index contributed by atoms with van der Waals surface area (Å²) in [5, 5.41) is 3.51. The minimum absolute atomic E-state index is 0.211. The van der Waals surface area contributed by atoms with Crippen LogP contribution in [0.4, 0.5) is 0 Å². The Balaban J connectivity index is 2.38. The summed E-state index contributed by atoms with van der Waals surface area (Å²) in [6, 6.07) is 8.42. The van der Waals surface area contributed by atoms with Crippen molar-refractivity contribution < 1.29 is 4.74 Å². The van der Waals surface area contributed by atoms with Gasteiger partial charge in [-0.25, -0.2) is 0 Å². The molecule has 1 aromatic carbocycles. The first kappa shape index (κ1) is 15.0. The van der Waals surface area contributed by atoms with E-state index in [4.69, 9.17) is 4.74 Å².